The number of hydrogen-bond acceptors (Lipinski definition) is 4. The van der Waals surface area contributed by atoms with Crippen molar-refractivity contribution in [3.8, 4) is 0 Å². The van der Waals surface area contributed by atoms with E-state index in [-0.39, 0.29) is 5.28 Å². The second-order valence-electron chi connectivity index (χ2n) is 4.99. The molecule has 0 bridgehead atoms. The molecular weight excluding hydrogens is 248 g/mol. The minimum absolute atomic E-state index is 0.272. The quantitative estimate of drug-likeness (QED) is 0.856. The highest BCUT2D eigenvalue weighted by molar-refractivity contribution is 6.28. The second kappa shape index (κ2) is 6.23. The van der Waals surface area contributed by atoms with Crippen LogP contribution in [0.25, 0.3) is 0 Å². The van der Waals surface area contributed by atoms with Crippen LogP contribution in [0.4, 0.5) is 11.5 Å². The molecule has 1 aliphatic rings. The van der Waals surface area contributed by atoms with E-state index in [1.165, 1.54) is 32.1 Å². The van der Waals surface area contributed by atoms with Crippen LogP contribution in [-0.2, 0) is 0 Å². The second-order valence-corrected chi connectivity index (χ2v) is 5.33. The summed E-state index contributed by atoms with van der Waals surface area (Å²) in [6.07, 6.45) is 7.92. The van der Waals surface area contributed by atoms with E-state index in [1.807, 2.05) is 0 Å². The average Bonchev–Trinajstić information content (AvgIpc) is 2.58. The van der Waals surface area contributed by atoms with Gasteiger partial charge in [-0.05, 0) is 36.8 Å². The minimum atomic E-state index is 0.272. The molecule has 0 spiro atoms. The zero-order chi connectivity index (χ0) is 13.0. The van der Waals surface area contributed by atoms with Crippen molar-refractivity contribution in [2.75, 3.05) is 23.7 Å². The van der Waals surface area contributed by atoms with Crippen molar-refractivity contribution in [3.05, 3.63) is 11.5 Å². The zero-order valence-electron chi connectivity index (χ0n) is 10.9. The molecule has 0 aromatic carbocycles. The summed E-state index contributed by atoms with van der Waals surface area (Å²) in [7, 11) is 0. The van der Waals surface area contributed by atoms with Crippen LogP contribution in [0, 0.1) is 5.92 Å². The average molecular weight is 269 g/mol. The van der Waals surface area contributed by atoms with E-state index in [4.69, 9.17) is 17.3 Å². The summed E-state index contributed by atoms with van der Waals surface area (Å²) in [6.45, 7) is 4.28. The normalized spacial score (nSPS) is 20.8. The molecule has 18 heavy (non-hydrogen) atoms. The van der Waals surface area contributed by atoms with Crippen molar-refractivity contribution in [1.82, 2.24) is 9.97 Å². The molecule has 2 rings (SSSR count). The van der Waals surface area contributed by atoms with Gasteiger partial charge in [-0.15, -0.1) is 0 Å². The van der Waals surface area contributed by atoms with Gasteiger partial charge in [0.2, 0.25) is 5.28 Å². The first-order chi connectivity index (χ1) is 8.70. The van der Waals surface area contributed by atoms with Crippen molar-refractivity contribution in [2.45, 2.75) is 39.0 Å². The highest BCUT2D eigenvalue weighted by Crippen LogP contribution is 2.27. The number of rotatable bonds is 3. The molecule has 1 saturated heterocycles. The molecule has 2 N–H and O–H groups in total. The third-order valence-corrected chi connectivity index (χ3v) is 3.79. The molecule has 0 amide bonds. The molecule has 1 aliphatic heterocycles. The Morgan fingerprint density at radius 3 is 3.06 bits per heavy atom. The van der Waals surface area contributed by atoms with Gasteiger partial charge in [-0.2, -0.15) is 4.98 Å². The van der Waals surface area contributed by atoms with Gasteiger partial charge < -0.3 is 10.6 Å². The molecule has 1 aromatic rings. The Hall–Kier alpha value is -1.03. The van der Waals surface area contributed by atoms with E-state index in [9.17, 15) is 0 Å². The van der Waals surface area contributed by atoms with Crippen LogP contribution in [0.5, 0.6) is 0 Å². The Balaban J connectivity index is 2.07. The molecule has 1 unspecified atom stereocenters. The van der Waals surface area contributed by atoms with Gasteiger partial charge in [-0.1, -0.05) is 19.8 Å². The van der Waals surface area contributed by atoms with Crippen LogP contribution in [0.1, 0.15) is 39.0 Å². The Morgan fingerprint density at radius 1 is 1.44 bits per heavy atom. The maximum absolute atomic E-state index is 5.94. The maximum atomic E-state index is 5.94. The van der Waals surface area contributed by atoms with Crippen molar-refractivity contribution in [3.63, 3.8) is 0 Å². The summed E-state index contributed by atoms with van der Waals surface area (Å²) in [5, 5.41) is 0.272. The lowest BCUT2D eigenvalue weighted by atomic mass is 9.96. The highest BCUT2D eigenvalue weighted by atomic mass is 35.5. The molecule has 2 heterocycles. The summed E-state index contributed by atoms with van der Waals surface area (Å²) >= 11 is 5.85. The molecule has 0 aliphatic carbocycles. The zero-order valence-corrected chi connectivity index (χ0v) is 11.7. The van der Waals surface area contributed by atoms with Gasteiger partial charge in [-0.25, -0.2) is 4.98 Å². The smallest absolute Gasteiger partial charge is 0.224 e. The molecule has 1 fully saturated rings. The van der Waals surface area contributed by atoms with E-state index in [0.717, 1.165) is 24.8 Å². The predicted molar refractivity (Wildman–Crippen MR) is 75.9 cm³/mol. The summed E-state index contributed by atoms with van der Waals surface area (Å²) < 4.78 is 0. The van der Waals surface area contributed by atoms with Crippen LogP contribution in [0.15, 0.2) is 6.20 Å². The van der Waals surface area contributed by atoms with Crippen LogP contribution < -0.4 is 10.6 Å². The Kier molecular flexibility index (Phi) is 4.64. The van der Waals surface area contributed by atoms with Gasteiger partial charge in [-0.3, -0.25) is 0 Å². The molecule has 4 nitrogen and oxygen atoms in total. The van der Waals surface area contributed by atoms with Crippen molar-refractivity contribution in [1.29, 1.82) is 0 Å². The van der Waals surface area contributed by atoms with Gasteiger partial charge in [0.1, 0.15) is 0 Å². The third kappa shape index (κ3) is 3.25. The maximum Gasteiger partial charge on any atom is 0.224 e. The first kappa shape index (κ1) is 13.4. The Labute approximate surface area is 114 Å². The number of aromatic nitrogens is 2. The molecular formula is C13H21ClN4. The van der Waals surface area contributed by atoms with Crippen LogP contribution in [0.2, 0.25) is 5.28 Å². The summed E-state index contributed by atoms with van der Waals surface area (Å²) in [5.74, 6) is 1.64. The number of hydrogen-bond donors (Lipinski definition) is 1. The standard InChI is InChI=1S/C13H21ClN4/c1-2-4-10-5-3-7-18(8-6-10)12-11(15)9-16-13(14)17-12/h9-10H,2-8,15H2,1H3. The lowest BCUT2D eigenvalue weighted by Gasteiger charge is -2.22. The fraction of sp³-hybridized carbons (Fsp3) is 0.692. The highest BCUT2D eigenvalue weighted by Gasteiger charge is 2.19. The molecule has 1 aromatic heterocycles. The molecule has 100 valence electrons. The van der Waals surface area contributed by atoms with Gasteiger partial charge in [0, 0.05) is 13.1 Å². The van der Waals surface area contributed by atoms with Crippen LogP contribution in [-0.4, -0.2) is 23.1 Å². The first-order valence-corrected chi connectivity index (χ1v) is 7.11. The summed E-state index contributed by atoms with van der Waals surface area (Å²) in [5.41, 5.74) is 6.56. The SMILES string of the molecule is CCCC1CCCN(c2nc(Cl)ncc2N)CC1. The van der Waals surface area contributed by atoms with E-state index in [1.54, 1.807) is 6.20 Å². The molecule has 5 heteroatoms. The molecule has 0 radical (unpaired) electrons. The minimum Gasteiger partial charge on any atom is -0.394 e. The lowest BCUT2D eigenvalue weighted by molar-refractivity contribution is 0.435. The lowest BCUT2D eigenvalue weighted by Crippen LogP contribution is -2.26. The van der Waals surface area contributed by atoms with E-state index < -0.39 is 0 Å². The van der Waals surface area contributed by atoms with E-state index in [0.29, 0.717) is 5.69 Å². The summed E-state index contributed by atoms with van der Waals surface area (Å²) in [6, 6.07) is 0. The number of nitrogens with two attached hydrogens (primary N) is 1. The number of nitrogens with zero attached hydrogens (tertiary/aromatic N) is 3. The molecule has 0 saturated carbocycles. The van der Waals surface area contributed by atoms with Crippen LogP contribution >= 0.6 is 11.6 Å². The Bertz CT molecular complexity index is 397. The van der Waals surface area contributed by atoms with Crippen molar-refractivity contribution in [2.24, 2.45) is 5.92 Å². The predicted octanol–water partition coefficient (Wildman–Crippen LogP) is 3.12. The largest absolute Gasteiger partial charge is 0.394 e. The fourth-order valence-corrected chi connectivity index (χ4v) is 2.82. The first-order valence-electron chi connectivity index (χ1n) is 6.73. The van der Waals surface area contributed by atoms with Crippen LogP contribution in [0.3, 0.4) is 0 Å². The van der Waals surface area contributed by atoms with Crippen molar-refractivity contribution >= 4 is 23.1 Å². The van der Waals surface area contributed by atoms with Gasteiger partial charge in [0.15, 0.2) is 5.82 Å². The van der Waals surface area contributed by atoms with Crippen molar-refractivity contribution < 1.29 is 0 Å². The van der Waals surface area contributed by atoms with Gasteiger partial charge in [0.25, 0.3) is 0 Å². The monoisotopic (exact) mass is 268 g/mol. The van der Waals surface area contributed by atoms with Gasteiger partial charge >= 0.3 is 0 Å². The summed E-state index contributed by atoms with van der Waals surface area (Å²) in [4.78, 5) is 10.4. The molecule has 1 atom stereocenters. The topological polar surface area (TPSA) is 55.0 Å². The van der Waals surface area contributed by atoms with E-state index in [2.05, 4.69) is 21.8 Å². The fourth-order valence-electron chi connectivity index (χ4n) is 2.69. The van der Waals surface area contributed by atoms with E-state index >= 15 is 0 Å². The number of nitrogen functional groups attached to an aromatic ring is 1. The third-order valence-electron chi connectivity index (χ3n) is 3.61. The number of halogens is 1. The van der Waals surface area contributed by atoms with Gasteiger partial charge in [0.05, 0.1) is 11.9 Å². The number of anilines is 2. The Morgan fingerprint density at radius 2 is 2.28 bits per heavy atom.